The number of nitrogens with zero attached hydrogens (tertiary/aromatic N) is 4. The number of amides is 2. The quantitative estimate of drug-likeness (QED) is 0.482. The number of urea groups is 1. The van der Waals surface area contributed by atoms with Crippen molar-refractivity contribution < 1.29 is 4.79 Å². The first-order valence-electron chi connectivity index (χ1n) is 6.77. The Labute approximate surface area is 140 Å². The minimum Gasteiger partial charge on any atom is -0.306 e. The smallest absolute Gasteiger partial charge is 0.306 e. The average molecular weight is 376 g/mol. The molecule has 3 aromatic heterocycles. The second kappa shape index (κ2) is 6.21. The van der Waals surface area contributed by atoms with Crippen LogP contribution in [0.25, 0.3) is 11.0 Å². The summed E-state index contributed by atoms with van der Waals surface area (Å²) in [7, 11) is 1.82. The lowest BCUT2D eigenvalue weighted by atomic mass is 10.2. The van der Waals surface area contributed by atoms with Crippen LogP contribution in [-0.2, 0) is 7.05 Å². The zero-order valence-corrected chi connectivity index (χ0v) is 14.0. The fourth-order valence-corrected chi connectivity index (χ4v) is 2.46. The first-order chi connectivity index (χ1) is 11.0. The number of aryl methyl sites for hydroxylation is 2. The molecule has 0 saturated carbocycles. The topological polar surface area (TPSA) is 96.8 Å². The van der Waals surface area contributed by atoms with Gasteiger partial charge in [-0.2, -0.15) is 5.10 Å². The van der Waals surface area contributed by atoms with Crippen LogP contribution < -0.4 is 16.2 Å². The summed E-state index contributed by atoms with van der Waals surface area (Å²) in [6.07, 6.45) is 3.36. The Morgan fingerprint density at radius 3 is 2.96 bits per heavy atom. The van der Waals surface area contributed by atoms with Crippen LogP contribution in [0.15, 0.2) is 35.2 Å². The summed E-state index contributed by atoms with van der Waals surface area (Å²) in [5, 5.41) is 7.83. The van der Waals surface area contributed by atoms with E-state index in [4.69, 9.17) is 0 Å². The first kappa shape index (κ1) is 15.2. The molecule has 8 nitrogen and oxygen atoms in total. The van der Waals surface area contributed by atoms with E-state index >= 15 is 0 Å². The van der Waals surface area contributed by atoms with Gasteiger partial charge in [0.05, 0.1) is 6.20 Å². The van der Waals surface area contributed by atoms with Crippen LogP contribution in [-0.4, -0.2) is 25.8 Å². The van der Waals surface area contributed by atoms with Gasteiger partial charge in [-0.1, -0.05) is 0 Å². The standard InChI is InChI=1S/C14H14BrN7O/c1-8-5-12(19-13-10(8)7-17-22(13)2)20-21-14(23)18-9-3-4-16-11(15)6-9/h3-7H,1-2H3,(H,19,20)(H2,16,18,21,23). The summed E-state index contributed by atoms with van der Waals surface area (Å²) >= 11 is 3.24. The Bertz CT molecular complexity index is 877. The SMILES string of the molecule is Cc1cc(NNC(=O)Nc2ccnc(Br)c2)nc2c1cnn2C. The van der Waals surface area contributed by atoms with Gasteiger partial charge in [-0.15, -0.1) is 0 Å². The van der Waals surface area contributed by atoms with Crippen molar-refractivity contribution in [3.05, 3.63) is 40.8 Å². The monoisotopic (exact) mass is 375 g/mol. The largest absolute Gasteiger partial charge is 0.337 e. The molecule has 118 valence electrons. The zero-order valence-electron chi connectivity index (χ0n) is 12.5. The van der Waals surface area contributed by atoms with E-state index in [-0.39, 0.29) is 0 Å². The molecule has 9 heteroatoms. The van der Waals surface area contributed by atoms with Crippen molar-refractivity contribution in [1.82, 2.24) is 25.2 Å². The second-order valence-electron chi connectivity index (χ2n) is 4.90. The van der Waals surface area contributed by atoms with Gasteiger partial charge in [0.1, 0.15) is 10.4 Å². The van der Waals surface area contributed by atoms with Gasteiger partial charge in [-0.25, -0.2) is 14.8 Å². The molecule has 23 heavy (non-hydrogen) atoms. The molecule has 0 spiro atoms. The second-order valence-corrected chi connectivity index (χ2v) is 5.71. The molecule has 0 aliphatic carbocycles. The fourth-order valence-electron chi connectivity index (χ4n) is 2.10. The van der Waals surface area contributed by atoms with Crippen molar-refractivity contribution in [3.63, 3.8) is 0 Å². The van der Waals surface area contributed by atoms with Crippen molar-refractivity contribution in [2.45, 2.75) is 6.92 Å². The van der Waals surface area contributed by atoms with Crippen LogP contribution in [0, 0.1) is 6.92 Å². The average Bonchev–Trinajstić information content (AvgIpc) is 2.87. The summed E-state index contributed by atoms with van der Waals surface area (Å²) in [5.74, 6) is 0.532. The third kappa shape index (κ3) is 3.39. The van der Waals surface area contributed by atoms with E-state index in [1.54, 1.807) is 29.2 Å². The number of hydrazine groups is 1. The molecule has 3 N–H and O–H groups in total. The number of hydrogen-bond acceptors (Lipinski definition) is 5. The number of fused-ring (bicyclic) bond motifs is 1. The molecule has 0 atom stereocenters. The Morgan fingerprint density at radius 1 is 1.35 bits per heavy atom. The lowest BCUT2D eigenvalue weighted by Crippen LogP contribution is -2.34. The van der Waals surface area contributed by atoms with Crippen LogP contribution in [0.1, 0.15) is 5.56 Å². The minimum atomic E-state index is -0.410. The van der Waals surface area contributed by atoms with Crippen LogP contribution >= 0.6 is 15.9 Å². The van der Waals surface area contributed by atoms with Crippen LogP contribution in [0.2, 0.25) is 0 Å². The molecule has 0 radical (unpaired) electrons. The van der Waals surface area contributed by atoms with Gasteiger partial charge in [0, 0.05) is 24.3 Å². The number of aromatic nitrogens is 4. The normalized spacial score (nSPS) is 10.6. The highest BCUT2D eigenvalue weighted by molar-refractivity contribution is 9.10. The molecule has 0 unspecified atom stereocenters. The lowest BCUT2D eigenvalue weighted by molar-refractivity contribution is 0.254. The molecule has 3 aromatic rings. The number of carbonyl (C=O) groups is 1. The highest BCUT2D eigenvalue weighted by Crippen LogP contribution is 2.18. The predicted octanol–water partition coefficient (Wildman–Crippen LogP) is 2.58. The van der Waals surface area contributed by atoms with Gasteiger partial charge >= 0.3 is 6.03 Å². The van der Waals surface area contributed by atoms with E-state index in [0.717, 1.165) is 16.6 Å². The zero-order chi connectivity index (χ0) is 16.4. The number of carbonyl (C=O) groups excluding carboxylic acids is 1. The molecule has 0 bridgehead atoms. The van der Waals surface area contributed by atoms with Gasteiger partial charge in [0.25, 0.3) is 0 Å². The third-order valence-corrected chi connectivity index (χ3v) is 3.63. The summed E-state index contributed by atoms with van der Waals surface area (Å²) in [5.41, 5.74) is 7.72. The maximum atomic E-state index is 11.9. The van der Waals surface area contributed by atoms with Gasteiger partial charge in [-0.05, 0) is 46.6 Å². The Balaban J connectivity index is 1.68. The van der Waals surface area contributed by atoms with E-state index in [0.29, 0.717) is 16.1 Å². The Morgan fingerprint density at radius 2 is 2.17 bits per heavy atom. The Hall–Kier alpha value is -2.68. The Kier molecular flexibility index (Phi) is 4.11. The maximum absolute atomic E-state index is 11.9. The number of rotatable bonds is 3. The van der Waals surface area contributed by atoms with Crippen molar-refractivity contribution in [3.8, 4) is 0 Å². The third-order valence-electron chi connectivity index (χ3n) is 3.20. The van der Waals surface area contributed by atoms with Gasteiger partial charge in [-0.3, -0.25) is 15.5 Å². The van der Waals surface area contributed by atoms with Gasteiger partial charge in [0.15, 0.2) is 5.65 Å². The first-order valence-corrected chi connectivity index (χ1v) is 7.56. The molecule has 0 fully saturated rings. The summed E-state index contributed by atoms with van der Waals surface area (Å²) in [4.78, 5) is 20.3. The van der Waals surface area contributed by atoms with E-state index in [1.807, 2.05) is 20.0 Å². The molecular formula is C14H14BrN7O. The lowest BCUT2D eigenvalue weighted by Gasteiger charge is -2.10. The van der Waals surface area contributed by atoms with E-state index in [1.165, 1.54) is 0 Å². The van der Waals surface area contributed by atoms with Crippen molar-refractivity contribution in [2.75, 3.05) is 10.7 Å². The molecule has 0 aromatic carbocycles. The van der Waals surface area contributed by atoms with Crippen molar-refractivity contribution >= 4 is 44.5 Å². The number of halogens is 1. The molecule has 0 aliphatic heterocycles. The number of pyridine rings is 2. The minimum absolute atomic E-state index is 0.410. The van der Waals surface area contributed by atoms with Crippen molar-refractivity contribution in [2.24, 2.45) is 7.05 Å². The molecule has 0 saturated heterocycles. The molecule has 3 heterocycles. The van der Waals surface area contributed by atoms with Crippen LogP contribution in [0.4, 0.5) is 16.3 Å². The molecule has 2 amide bonds. The maximum Gasteiger partial charge on any atom is 0.337 e. The molecule has 0 aliphatic rings. The number of hydrogen-bond donors (Lipinski definition) is 3. The highest BCUT2D eigenvalue weighted by atomic mass is 79.9. The van der Waals surface area contributed by atoms with E-state index < -0.39 is 6.03 Å². The summed E-state index contributed by atoms with van der Waals surface area (Å²) in [6, 6.07) is 4.82. The molecular weight excluding hydrogens is 362 g/mol. The number of nitrogens with one attached hydrogen (secondary N) is 3. The summed E-state index contributed by atoms with van der Waals surface area (Å²) in [6.45, 7) is 1.96. The van der Waals surface area contributed by atoms with Crippen LogP contribution in [0.5, 0.6) is 0 Å². The summed E-state index contributed by atoms with van der Waals surface area (Å²) < 4.78 is 2.32. The molecule has 3 rings (SSSR count). The predicted molar refractivity (Wildman–Crippen MR) is 91.0 cm³/mol. The van der Waals surface area contributed by atoms with E-state index in [9.17, 15) is 4.79 Å². The van der Waals surface area contributed by atoms with Crippen molar-refractivity contribution in [1.29, 1.82) is 0 Å². The van der Waals surface area contributed by atoms with E-state index in [2.05, 4.69) is 47.2 Å². The van der Waals surface area contributed by atoms with Gasteiger partial charge in [0.2, 0.25) is 0 Å². The number of anilines is 2. The van der Waals surface area contributed by atoms with Crippen LogP contribution in [0.3, 0.4) is 0 Å². The highest BCUT2D eigenvalue weighted by Gasteiger charge is 2.08. The fraction of sp³-hybridized carbons (Fsp3) is 0.143. The van der Waals surface area contributed by atoms with Gasteiger partial charge < -0.3 is 5.32 Å².